The Hall–Kier alpha value is -1.27. The van der Waals surface area contributed by atoms with E-state index in [1.807, 2.05) is 0 Å². The van der Waals surface area contributed by atoms with E-state index in [1.54, 1.807) is 0 Å². The van der Waals surface area contributed by atoms with Gasteiger partial charge in [-0.25, -0.2) is 0 Å². The molecule has 0 aliphatic carbocycles. The van der Waals surface area contributed by atoms with Crippen LogP contribution >= 0.6 is 11.8 Å². The molecule has 0 saturated carbocycles. The number of rotatable bonds is 41. The topological polar surface area (TPSA) is 49.9 Å². The zero-order valence-corrected chi connectivity index (χ0v) is 38.6. The van der Waals surface area contributed by atoms with Gasteiger partial charge >= 0.3 is 5.97 Å². The van der Waals surface area contributed by atoms with Gasteiger partial charge in [-0.15, -0.1) is 0 Å². The highest BCUT2D eigenvalue weighted by Gasteiger charge is 2.16. The van der Waals surface area contributed by atoms with Crippen LogP contribution < -0.4 is 0 Å². The highest BCUT2D eigenvalue weighted by molar-refractivity contribution is 8.13. The number of thioether (sulfide) groups is 1. The van der Waals surface area contributed by atoms with Crippen molar-refractivity contribution in [2.75, 3.05) is 39.5 Å². The van der Waals surface area contributed by atoms with Gasteiger partial charge in [0, 0.05) is 31.3 Å². The van der Waals surface area contributed by atoms with Crippen molar-refractivity contribution in [1.82, 2.24) is 9.80 Å². The second-order valence-electron chi connectivity index (χ2n) is 16.8. The SMILES string of the molecule is CCCCCC/C=C\C/C=C\CCCCCCCN(CCCCCCCC(=O)OCCC(CCCCCC)CCCCCCCC)C(=O)SCC(C)N(C)C. The predicted octanol–water partition coefficient (Wildman–Crippen LogP) is 15.5. The Morgan fingerprint density at radius 1 is 0.564 bits per heavy atom. The molecule has 0 fully saturated rings. The van der Waals surface area contributed by atoms with Crippen molar-refractivity contribution in [2.45, 2.75) is 233 Å². The second-order valence-corrected chi connectivity index (χ2v) is 17.7. The molecule has 0 aromatic carbocycles. The number of hydrogen-bond acceptors (Lipinski definition) is 5. The number of nitrogens with zero attached hydrogens (tertiary/aromatic N) is 2. The fourth-order valence-electron chi connectivity index (χ4n) is 7.04. The first-order chi connectivity index (χ1) is 26.8. The first kappa shape index (κ1) is 53.7. The van der Waals surface area contributed by atoms with Gasteiger partial charge < -0.3 is 14.5 Å². The van der Waals surface area contributed by atoms with Crippen molar-refractivity contribution in [1.29, 1.82) is 0 Å². The Bertz CT molecular complexity index is 891. The van der Waals surface area contributed by atoms with Crippen LogP contribution in [0.15, 0.2) is 24.3 Å². The van der Waals surface area contributed by atoms with Crippen LogP contribution in [0.3, 0.4) is 0 Å². The van der Waals surface area contributed by atoms with Crippen molar-refractivity contribution in [3.63, 3.8) is 0 Å². The van der Waals surface area contributed by atoms with Crippen molar-refractivity contribution < 1.29 is 14.3 Å². The molecule has 55 heavy (non-hydrogen) atoms. The average molecular weight is 791 g/mol. The number of allylic oxidation sites excluding steroid dienone is 4. The summed E-state index contributed by atoms with van der Waals surface area (Å²) in [5, 5.41) is 0.242. The molecule has 0 heterocycles. The minimum atomic E-state index is -0.0160. The smallest absolute Gasteiger partial charge is 0.305 e. The minimum Gasteiger partial charge on any atom is -0.466 e. The predicted molar refractivity (Wildman–Crippen MR) is 245 cm³/mol. The van der Waals surface area contributed by atoms with Gasteiger partial charge in [-0.1, -0.05) is 192 Å². The van der Waals surface area contributed by atoms with E-state index in [1.165, 1.54) is 153 Å². The molecule has 324 valence electrons. The van der Waals surface area contributed by atoms with Crippen LogP contribution in [0.4, 0.5) is 4.79 Å². The zero-order chi connectivity index (χ0) is 40.5. The molecule has 2 unspecified atom stereocenters. The lowest BCUT2D eigenvalue weighted by Gasteiger charge is -2.24. The molecule has 6 heteroatoms. The normalized spacial score (nSPS) is 13.0. The third-order valence-corrected chi connectivity index (χ3v) is 12.4. The molecule has 0 spiro atoms. The molecule has 1 amide bonds. The highest BCUT2D eigenvalue weighted by atomic mass is 32.2. The average Bonchev–Trinajstić information content (AvgIpc) is 3.17. The van der Waals surface area contributed by atoms with Gasteiger partial charge in [0.1, 0.15) is 0 Å². The van der Waals surface area contributed by atoms with Gasteiger partial charge in [-0.3, -0.25) is 9.59 Å². The van der Waals surface area contributed by atoms with Crippen LogP contribution in [0.5, 0.6) is 0 Å². The Morgan fingerprint density at radius 2 is 1.02 bits per heavy atom. The molecular formula is C49H94N2O3S. The summed E-state index contributed by atoms with van der Waals surface area (Å²) in [5.74, 6) is 1.52. The third kappa shape index (κ3) is 38.0. The van der Waals surface area contributed by atoms with Crippen LogP contribution in [-0.2, 0) is 9.53 Å². The molecule has 0 rings (SSSR count). The van der Waals surface area contributed by atoms with Gasteiger partial charge in [-0.2, -0.15) is 0 Å². The Kier molecular flexibility index (Phi) is 41.4. The van der Waals surface area contributed by atoms with Gasteiger partial charge in [0.25, 0.3) is 5.24 Å². The summed E-state index contributed by atoms with van der Waals surface area (Å²) in [4.78, 5) is 30.0. The Balaban J connectivity index is 4.31. The molecule has 0 radical (unpaired) electrons. The van der Waals surface area contributed by atoms with Crippen LogP contribution in [0.2, 0.25) is 0 Å². The maximum Gasteiger partial charge on any atom is 0.305 e. The zero-order valence-electron chi connectivity index (χ0n) is 37.7. The monoisotopic (exact) mass is 791 g/mol. The van der Waals surface area contributed by atoms with E-state index < -0.39 is 0 Å². The standard InChI is InChI=1S/C49H94N2O3S/c1-7-10-13-16-18-19-20-21-22-23-24-25-26-27-31-36-42-51(49(53)55-45-46(4)50(5)6)43-37-32-28-30-35-40-48(52)54-44-41-47(38-33-15-12-9-3)39-34-29-17-14-11-8-2/h19-20,22-23,46-47H,7-18,21,24-45H2,1-6H3/b20-19-,23-22-. The van der Waals surface area contributed by atoms with Crippen LogP contribution in [0.25, 0.3) is 0 Å². The minimum absolute atomic E-state index is 0.0160. The van der Waals surface area contributed by atoms with Crippen molar-refractivity contribution in [3.05, 3.63) is 24.3 Å². The van der Waals surface area contributed by atoms with E-state index >= 15 is 0 Å². The van der Waals surface area contributed by atoms with Gasteiger partial charge in [0.15, 0.2) is 0 Å². The fourth-order valence-corrected chi connectivity index (χ4v) is 8.08. The van der Waals surface area contributed by atoms with E-state index in [0.29, 0.717) is 25.0 Å². The molecule has 0 saturated heterocycles. The molecule has 0 aromatic rings. The number of ether oxygens (including phenoxy) is 1. The summed E-state index contributed by atoms with van der Waals surface area (Å²) in [6, 6.07) is 0.380. The summed E-state index contributed by atoms with van der Waals surface area (Å²) in [7, 11) is 4.17. The van der Waals surface area contributed by atoms with Gasteiger partial charge in [0.2, 0.25) is 0 Å². The quantitative estimate of drug-likeness (QED) is 0.0351. The molecule has 0 N–H and O–H groups in total. The van der Waals surface area contributed by atoms with Gasteiger partial charge in [-0.05, 0) is 84.7 Å². The highest BCUT2D eigenvalue weighted by Crippen LogP contribution is 2.22. The molecular weight excluding hydrogens is 697 g/mol. The first-order valence-electron chi connectivity index (χ1n) is 23.9. The van der Waals surface area contributed by atoms with Crippen LogP contribution in [0, 0.1) is 5.92 Å². The number of unbranched alkanes of at least 4 members (excludes halogenated alkanes) is 21. The summed E-state index contributed by atoms with van der Waals surface area (Å²) in [6.07, 6.45) is 47.0. The number of esters is 1. The largest absolute Gasteiger partial charge is 0.466 e. The Labute approximate surface area is 348 Å². The van der Waals surface area contributed by atoms with E-state index in [-0.39, 0.29) is 11.2 Å². The van der Waals surface area contributed by atoms with Crippen LogP contribution in [-0.4, -0.2) is 66.6 Å². The number of hydrogen-bond donors (Lipinski definition) is 0. The molecule has 2 atom stereocenters. The number of carbonyl (C=O) groups is 2. The van der Waals surface area contributed by atoms with E-state index in [9.17, 15) is 9.59 Å². The van der Waals surface area contributed by atoms with Crippen LogP contribution in [0.1, 0.15) is 227 Å². The van der Waals surface area contributed by atoms with Crippen molar-refractivity contribution >= 4 is 23.0 Å². The van der Waals surface area contributed by atoms with E-state index in [0.717, 1.165) is 70.2 Å². The van der Waals surface area contributed by atoms with Crippen molar-refractivity contribution in [3.8, 4) is 0 Å². The first-order valence-corrected chi connectivity index (χ1v) is 24.9. The Morgan fingerprint density at radius 3 is 1.56 bits per heavy atom. The van der Waals surface area contributed by atoms with Gasteiger partial charge in [0.05, 0.1) is 6.61 Å². The maximum absolute atomic E-state index is 13.2. The molecule has 0 bridgehead atoms. The van der Waals surface area contributed by atoms with Crippen molar-refractivity contribution in [2.24, 2.45) is 5.92 Å². The third-order valence-electron chi connectivity index (χ3n) is 11.2. The summed E-state index contributed by atoms with van der Waals surface area (Å²) in [6.45, 7) is 11.3. The lowest BCUT2D eigenvalue weighted by Crippen LogP contribution is -2.32. The lowest BCUT2D eigenvalue weighted by atomic mass is 9.92. The van der Waals surface area contributed by atoms with E-state index in [2.05, 4.69) is 75.9 Å². The summed E-state index contributed by atoms with van der Waals surface area (Å²) >= 11 is 1.49. The number of carbonyl (C=O) groups excluding carboxylic acids is 2. The number of amides is 1. The molecule has 5 nitrogen and oxygen atoms in total. The molecule has 0 aliphatic heterocycles. The second kappa shape index (κ2) is 42.3. The maximum atomic E-state index is 13.2. The fraction of sp³-hybridized carbons (Fsp3) is 0.878. The molecule has 0 aliphatic rings. The molecule has 0 aromatic heterocycles. The summed E-state index contributed by atoms with van der Waals surface area (Å²) < 4.78 is 5.71. The van der Waals surface area contributed by atoms with E-state index in [4.69, 9.17) is 4.74 Å². The summed E-state index contributed by atoms with van der Waals surface area (Å²) in [5.41, 5.74) is 0. The lowest BCUT2D eigenvalue weighted by molar-refractivity contribution is -0.144.